The molecule has 5 heteroatoms. The van der Waals surface area contributed by atoms with Gasteiger partial charge in [0.2, 0.25) is 0 Å². The topological polar surface area (TPSA) is 53.7 Å². The first-order valence-electron chi connectivity index (χ1n) is 6.30. The van der Waals surface area contributed by atoms with E-state index in [-0.39, 0.29) is 5.91 Å². The van der Waals surface area contributed by atoms with Crippen LogP contribution in [0.5, 0.6) is 0 Å². The molecule has 0 spiro atoms. The van der Waals surface area contributed by atoms with Crippen LogP contribution in [0.3, 0.4) is 0 Å². The quantitative estimate of drug-likeness (QED) is 0.878. The average molecular weight is 324 g/mol. The minimum Gasteiger partial charge on any atom is -0.451 e. The van der Waals surface area contributed by atoms with Crippen LogP contribution in [-0.2, 0) is 0 Å². The van der Waals surface area contributed by atoms with Gasteiger partial charge in [-0.15, -0.1) is 0 Å². The number of aliphatic hydroxyl groups is 1. The van der Waals surface area contributed by atoms with Gasteiger partial charge in [0, 0.05) is 22.9 Å². The van der Waals surface area contributed by atoms with Crippen molar-refractivity contribution < 1.29 is 14.3 Å². The van der Waals surface area contributed by atoms with Crippen molar-refractivity contribution in [1.29, 1.82) is 0 Å². The molecule has 4 nitrogen and oxygen atoms in total. The summed E-state index contributed by atoms with van der Waals surface area (Å²) in [5.41, 5.74) is 0.690. The van der Waals surface area contributed by atoms with E-state index in [9.17, 15) is 9.90 Å². The summed E-state index contributed by atoms with van der Waals surface area (Å²) in [6.07, 6.45) is 1.17. The number of halogens is 1. The minimum absolute atomic E-state index is 0.151. The lowest BCUT2D eigenvalue weighted by atomic mass is 10.1. The number of benzene rings is 1. The lowest BCUT2D eigenvalue weighted by Gasteiger charge is -2.29. The van der Waals surface area contributed by atoms with Gasteiger partial charge in [0.1, 0.15) is 5.58 Å². The van der Waals surface area contributed by atoms with Gasteiger partial charge in [-0.25, -0.2) is 0 Å². The van der Waals surface area contributed by atoms with E-state index in [2.05, 4.69) is 15.9 Å². The molecule has 0 saturated carbocycles. The smallest absolute Gasteiger partial charge is 0.289 e. The second-order valence-corrected chi connectivity index (χ2v) is 5.66. The highest BCUT2D eigenvalue weighted by atomic mass is 79.9. The van der Waals surface area contributed by atoms with Crippen molar-refractivity contribution in [2.24, 2.45) is 0 Å². The SMILES string of the molecule is O=C(c1cc2c(Br)cccc2o1)N1CCCC(O)C1. The molecule has 1 aromatic carbocycles. The zero-order valence-corrected chi connectivity index (χ0v) is 11.9. The number of hydrogen-bond donors (Lipinski definition) is 1. The molecule has 3 rings (SSSR count). The first-order chi connectivity index (χ1) is 9.15. The van der Waals surface area contributed by atoms with Crippen molar-refractivity contribution in [3.8, 4) is 0 Å². The third-order valence-electron chi connectivity index (χ3n) is 3.40. The number of rotatable bonds is 1. The molecule has 1 fully saturated rings. The maximum absolute atomic E-state index is 12.3. The summed E-state index contributed by atoms with van der Waals surface area (Å²) in [4.78, 5) is 14.0. The van der Waals surface area contributed by atoms with E-state index in [0.717, 1.165) is 22.7 Å². The number of nitrogens with zero attached hydrogens (tertiary/aromatic N) is 1. The molecule has 1 aliphatic rings. The first kappa shape index (κ1) is 12.7. The zero-order valence-electron chi connectivity index (χ0n) is 10.3. The van der Waals surface area contributed by atoms with Crippen LogP contribution in [0.25, 0.3) is 11.0 Å². The lowest BCUT2D eigenvalue weighted by Crippen LogP contribution is -2.42. The molecule has 19 heavy (non-hydrogen) atoms. The Hall–Kier alpha value is -1.33. The predicted molar refractivity (Wildman–Crippen MR) is 75.1 cm³/mol. The van der Waals surface area contributed by atoms with Gasteiger partial charge in [-0.1, -0.05) is 22.0 Å². The fourth-order valence-corrected chi connectivity index (χ4v) is 2.89. The van der Waals surface area contributed by atoms with E-state index in [0.29, 0.717) is 24.4 Å². The summed E-state index contributed by atoms with van der Waals surface area (Å²) in [5, 5.41) is 10.5. The number of fused-ring (bicyclic) bond motifs is 1. The molecule has 1 unspecified atom stereocenters. The number of piperidine rings is 1. The lowest BCUT2D eigenvalue weighted by molar-refractivity contribution is 0.0450. The molecule has 100 valence electrons. The monoisotopic (exact) mass is 323 g/mol. The van der Waals surface area contributed by atoms with Gasteiger partial charge < -0.3 is 14.4 Å². The number of carbonyl (C=O) groups excluding carboxylic acids is 1. The van der Waals surface area contributed by atoms with Crippen LogP contribution >= 0.6 is 15.9 Å². The summed E-state index contributed by atoms with van der Waals surface area (Å²) < 4.78 is 6.51. The second kappa shape index (κ2) is 4.98. The molecule has 0 radical (unpaired) electrons. The first-order valence-corrected chi connectivity index (χ1v) is 7.10. The number of hydrogen-bond acceptors (Lipinski definition) is 3. The van der Waals surface area contributed by atoms with Crippen LogP contribution in [0.15, 0.2) is 33.2 Å². The highest BCUT2D eigenvalue weighted by Crippen LogP contribution is 2.28. The van der Waals surface area contributed by atoms with Gasteiger partial charge in [-0.3, -0.25) is 4.79 Å². The summed E-state index contributed by atoms with van der Waals surface area (Å²) in [7, 11) is 0. The highest BCUT2D eigenvalue weighted by molar-refractivity contribution is 9.10. The molecule has 2 heterocycles. The fourth-order valence-electron chi connectivity index (χ4n) is 2.43. The van der Waals surface area contributed by atoms with E-state index < -0.39 is 6.10 Å². The fraction of sp³-hybridized carbons (Fsp3) is 0.357. The van der Waals surface area contributed by atoms with Gasteiger partial charge in [0.25, 0.3) is 5.91 Å². The van der Waals surface area contributed by atoms with Gasteiger partial charge in [-0.05, 0) is 31.0 Å². The number of carbonyl (C=O) groups is 1. The van der Waals surface area contributed by atoms with Gasteiger partial charge in [0.05, 0.1) is 6.10 Å². The molecule has 1 aromatic heterocycles. The van der Waals surface area contributed by atoms with E-state index in [1.165, 1.54) is 0 Å². The van der Waals surface area contributed by atoms with Crippen LogP contribution in [0.2, 0.25) is 0 Å². The molecule has 1 N–H and O–H groups in total. The van der Waals surface area contributed by atoms with E-state index in [1.54, 1.807) is 11.0 Å². The molecule has 0 aliphatic carbocycles. The second-order valence-electron chi connectivity index (χ2n) is 4.81. The molecule has 1 atom stereocenters. The molecule has 1 saturated heterocycles. The number of amides is 1. The average Bonchev–Trinajstić information content (AvgIpc) is 2.83. The summed E-state index contributed by atoms with van der Waals surface area (Å²) in [6, 6.07) is 7.37. The molecule has 0 bridgehead atoms. The number of aliphatic hydroxyl groups excluding tert-OH is 1. The van der Waals surface area contributed by atoms with Crippen LogP contribution in [0.1, 0.15) is 23.4 Å². The summed E-state index contributed by atoms with van der Waals surface area (Å²) in [5.74, 6) is 0.179. The largest absolute Gasteiger partial charge is 0.451 e. The Bertz CT molecular complexity index is 622. The van der Waals surface area contributed by atoms with E-state index >= 15 is 0 Å². The zero-order chi connectivity index (χ0) is 13.4. The van der Waals surface area contributed by atoms with Crippen molar-refractivity contribution in [3.05, 3.63) is 34.5 Å². The van der Waals surface area contributed by atoms with Crippen LogP contribution in [-0.4, -0.2) is 35.1 Å². The van der Waals surface area contributed by atoms with Crippen molar-refractivity contribution in [2.75, 3.05) is 13.1 Å². The molecule has 1 aliphatic heterocycles. The van der Waals surface area contributed by atoms with Gasteiger partial charge in [-0.2, -0.15) is 0 Å². The molecular weight excluding hydrogens is 310 g/mol. The minimum atomic E-state index is -0.422. The summed E-state index contributed by atoms with van der Waals surface area (Å²) in [6.45, 7) is 1.06. The van der Waals surface area contributed by atoms with Gasteiger partial charge in [0.15, 0.2) is 5.76 Å². The molecule has 2 aromatic rings. The van der Waals surface area contributed by atoms with Crippen LogP contribution in [0, 0.1) is 0 Å². The summed E-state index contributed by atoms with van der Waals surface area (Å²) >= 11 is 3.44. The third-order valence-corrected chi connectivity index (χ3v) is 4.09. The van der Waals surface area contributed by atoms with Gasteiger partial charge >= 0.3 is 0 Å². The van der Waals surface area contributed by atoms with Crippen molar-refractivity contribution in [2.45, 2.75) is 18.9 Å². The highest BCUT2D eigenvalue weighted by Gasteiger charge is 2.25. The predicted octanol–water partition coefficient (Wildman–Crippen LogP) is 2.79. The Labute approximate surface area is 119 Å². The number of β-amino-alcohol motifs (C(OH)–C–C–N with tert-alkyl or cyclic N) is 1. The third kappa shape index (κ3) is 2.40. The van der Waals surface area contributed by atoms with Crippen LogP contribution < -0.4 is 0 Å². The molecular formula is C14H14BrNO3. The Balaban J connectivity index is 1.91. The Morgan fingerprint density at radius 1 is 1.47 bits per heavy atom. The molecule has 1 amide bonds. The Morgan fingerprint density at radius 2 is 2.32 bits per heavy atom. The van der Waals surface area contributed by atoms with E-state index in [4.69, 9.17) is 4.42 Å². The van der Waals surface area contributed by atoms with E-state index in [1.807, 2.05) is 18.2 Å². The van der Waals surface area contributed by atoms with Crippen molar-refractivity contribution in [1.82, 2.24) is 4.90 Å². The normalized spacial score (nSPS) is 19.9. The Morgan fingerprint density at radius 3 is 3.05 bits per heavy atom. The Kier molecular flexibility index (Phi) is 3.33. The standard InChI is InChI=1S/C14H14BrNO3/c15-11-4-1-5-12-10(11)7-13(19-12)14(18)16-6-2-3-9(17)8-16/h1,4-5,7,9,17H,2-3,6,8H2. The van der Waals surface area contributed by atoms with Crippen molar-refractivity contribution in [3.63, 3.8) is 0 Å². The number of likely N-dealkylation sites (tertiary alicyclic amines) is 1. The maximum Gasteiger partial charge on any atom is 0.289 e. The number of furan rings is 1. The van der Waals surface area contributed by atoms with Crippen LogP contribution in [0.4, 0.5) is 0 Å². The maximum atomic E-state index is 12.3. The van der Waals surface area contributed by atoms with Crippen molar-refractivity contribution >= 4 is 32.8 Å².